The second kappa shape index (κ2) is 6.70. The fourth-order valence-electron chi connectivity index (χ4n) is 3.07. The van der Waals surface area contributed by atoms with Crippen LogP contribution in [0.3, 0.4) is 0 Å². The molecule has 1 fully saturated rings. The molecule has 0 radical (unpaired) electrons. The van der Waals surface area contributed by atoms with Crippen LogP contribution in [0, 0.1) is 5.41 Å². The first-order chi connectivity index (χ1) is 9.50. The first-order valence-electron chi connectivity index (χ1n) is 8.00. The monoisotopic (exact) mass is 279 g/mol. The number of likely N-dealkylation sites (N-methyl/N-ethyl adjacent to an activating group) is 1. The molecule has 0 aliphatic heterocycles. The third-order valence-electron chi connectivity index (χ3n) is 4.48. The van der Waals surface area contributed by atoms with E-state index < -0.39 is 0 Å². The Kier molecular flexibility index (Phi) is 5.19. The molecule has 0 spiro atoms. The number of nitrogens with zero attached hydrogens (tertiary/aromatic N) is 2. The highest BCUT2D eigenvalue weighted by molar-refractivity contribution is 4.98. The Bertz CT molecular complexity index is 400. The number of rotatable bonds is 4. The van der Waals surface area contributed by atoms with Crippen LogP contribution >= 0.6 is 0 Å². The minimum Gasteiger partial charge on any atom is -0.339 e. The fourth-order valence-corrected chi connectivity index (χ4v) is 3.07. The summed E-state index contributed by atoms with van der Waals surface area (Å²) in [5.74, 6) is 2.22. The van der Waals surface area contributed by atoms with Crippen LogP contribution in [0.5, 0.6) is 0 Å². The molecule has 4 nitrogen and oxygen atoms in total. The zero-order valence-electron chi connectivity index (χ0n) is 13.4. The van der Waals surface area contributed by atoms with E-state index in [0.717, 1.165) is 18.1 Å². The maximum absolute atomic E-state index is 5.49. The van der Waals surface area contributed by atoms with Gasteiger partial charge in [0.15, 0.2) is 5.82 Å². The Morgan fingerprint density at radius 2 is 1.85 bits per heavy atom. The Hall–Kier alpha value is -0.900. The van der Waals surface area contributed by atoms with Crippen molar-refractivity contribution in [2.24, 2.45) is 5.41 Å². The first kappa shape index (κ1) is 15.5. The molecule has 1 N–H and O–H groups in total. The predicted molar refractivity (Wildman–Crippen MR) is 80.7 cm³/mol. The lowest BCUT2D eigenvalue weighted by molar-refractivity contribution is 0.255. The Morgan fingerprint density at radius 3 is 2.40 bits per heavy atom. The molecule has 1 aromatic rings. The zero-order chi connectivity index (χ0) is 14.6. The lowest BCUT2D eigenvalue weighted by Gasteiger charge is -2.29. The second-order valence-corrected chi connectivity index (χ2v) is 7.15. The highest BCUT2D eigenvalue weighted by Gasteiger charge is 2.26. The lowest BCUT2D eigenvalue weighted by Crippen LogP contribution is -2.39. The molecule has 4 heteroatoms. The molecule has 1 aromatic heterocycles. The van der Waals surface area contributed by atoms with E-state index in [0.29, 0.717) is 12.0 Å². The summed E-state index contributed by atoms with van der Waals surface area (Å²) in [5, 5.41) is 7.60. The molecule has 1 saturated carbocycles. The van der Waals surface area contributed by atoms with Gasteiger partial charge < -0.3 is 9.84 Å². The van der Waals surface area contributed by atoms with Crippen molar-refractivity contribution < 1.29 is 4.52 Å². The summed E-state index contributed by atoms with van der Waals surface area (Å²) in [5.41, 5.74) is 0.186. The van der Waals surface area contributed by atoms with Gasteiger partial charge in [0.05, 0.1) is 0 Å². The van der Waals surface area contributed by atoms with E-state index >= 15 is 0 Å². The number of nitrogens with one attached hydrogen (secondary N) is 1. The van der Waals surface area contributed by atoms with Gasteiger partial charge >= 0.3 is 0 Å². The normalized spacial score (nSPS) is 19.8. The van der Waals surface area contributed by atoms with Gasteiger partial charge in [-0.15, -0.1) is 0 Å². The van der Waals surface area contributed by atoms with Crippen LogP contribution in [-0.4, -0.2) is 23.2 Å². The van der Waals surface area contributed by atoms with Crippen molar-refractivity contribution in [1.29, 1.82) is 0 Å². The zero-order valence-corrected chi connectivity index (χ0v) is 13.4. The summed E-state index contributed by atoms with van der Waals surface area (Å²) in [6.45, 7) is 6.70. The van der Waals surface area contributed by atoms with Crippen LogP contribution < -0.4 is 5.32 Å². The molecule has 1 unspecified atom stereocenters. The van der Waals surface area contributed by atoms with Gasteiger partial charge in [-0.3, -0.25) is 0 Å². The molecule has 114 valence electrons. The average Bonchev–Trinajstić information content (AvgIpc) is 2.68. The molecule has 1 atom stereocenters. The molecule has 0 amide bonds. The van der Waals surface area contributed by atoms with Crippen molar-refractivity contribution in [1.82, 2.24) is 15.5 Å². The van der Waals surface area contributed by atoms with Crippen molar-refractivity contribution in [3.05, 3.63) is 11.7 Å². The SMILES string of the molecule is CNC(Cc1nc(C2CCCCCC2)no1)C(C)(C)C. The summed E-state index contributed by atoms with van der Waals surface area (Å²) >= 11 is 0. The molecular weight excluding hydrogens is 250 g/mol. The summed E-state index contributed by atoms with van der Waals surface area (Å²) in [7, 11) is 2.00. The fraction of sp³-hybridized carbons (Fsp3) is 0.875. The van der Waals surface area contributed by atoms with E-state index in [-0.39, 0.29) is 5.41 Å². The smallest absolute Gasteiger partial charge is 0.228 e. The largest absolute Gasteiger partial charge is 0.339 e. The molecule has 0 saturated heterocycles. The summed E-state index contributed by atoms with van der Waals surface area (Å²) in [4.78, 5) is 4.66. The molecular formula is C16H29N3O. The predicted octanol–water partition coefficient (Wildman–Crippen LogP) is 3.68. The maximum atomic E-state index is 5.49. The lowest BCUT2D eigenvalue weighted by atomic mass is 9.85. The Balaban J connectivity index is 2.01. The van der Waals surface area contributed by atoms with Gasteiger partial charge in [-0.25, -0.2) is 0 Å². The minimum absolute atomic E-state index is 0.186. The molecule has 1 aliphatic carbocycles. The quantitative estimate of drug-likeness (QED) is 0.854. The van der Waals surface area contributed by atoms with Gasteiger partial charge in [0.1, 0.15) is 0 Å². The van der Waals surface area contributed by atoms with E-state index in [1.54, 1.807) is 0 Å². The van der Waals surface area contributed by atoms with Crippen molar-refractivity contribution in [3.63, 3.8) is 0 Å². The Morgan fingerprint density at radius 1 is 1.20 bits per heavy atom. The van der Waals surface area contributed by atoms with Crippen LogP contribution in [0.2, 0.25) is 0 Å². The summed E-state index contributed by atoms with van der Waals surface area (Å²) in [6, 6.07) is 0.352. The first-order valence-corrected chi connectivity index (χ1v) is 8.00. The number of hydrogen-bond acceptors (Lipinski definition) is 4. The molecule has 20 heavy (non-hydrogen) atoms. The summed E-state index contributed by atoms with van der Waals surface area (Å²) < 4.78 is 5.49. The van der Waals surface area contributed by atoms with Crippen LogP contribution in [0.4, 0.5) is 0 Å². The van der Waals surface area contributed by atoms with Gasteiger partial charge in [0, 0.05) is 18.4 Å². The van der Waals surface area contributed by atoms with E-state index in [2.05, 4.69) is 36.2 Å². The standard InChI is InChI=1S/C16H29N3O/c1-16(2,3)13(17-4)11-14-18-15(19-20-14)12-9-7-5-6-8-10-12/h12-13,17H,5-11H2,1-4H3. The highest BCUT2D eigenvalue weighted by Crippen LogP contribution is 2.30. The summed E-state index contributed by atoms with van der Waals surface area (Å²) in [6.07, 6.45) is 8.55. The second-order valence-electron chi connectivity index (χ2n) is 7.15. The van der Waals surface area contributed by atoms with E-state index in [1.165, 1.54) is 38.5 Å². The van der Waals surface area contributed by atoms with Crippen LogP contribution in [-0.2, 0) is 6.42 Å². The van der Waals surface area contributed by atoms with Crippen LogP contribution in [0.15, 0.2) is 4.52 Å². The minimum atomic E-state index is 0.186. The van der Waals surface area contributed by atoms with Crippen LogP contribution in [0.25, 0.3) is 0 Å². The van der Waals surface area contributed by atoms with Gasteiger partial charge in [-0.1, -0.05) is 51.6 Å². The molecule has 1 aliphatic rings. The van der Waals surface area contributed by atoms with Crippen molar-refractivity contribution in [2.75, 3.05) is 7.05 Å². The third kappa shape index (κ3) is 4.05. The van der Waals surface area contributed by atoms with E-state index in [9.17, 15) is 0 Å². The topological polar surface area (TPSA) is 51.0 Å². The number of hydrogen-bond donors (Lipinski definition) is 1. The average molecular weight is 279 g/mol. The third-order valence-corrected chi connectivity index (χ3v) is 4.48. The van der Waals surface area contributed by atoms with Gasteiger partial charge in [-0.05, 0) is 25.3 Å². The van der Waals surface area contributed by atoms with E-state index in [4.69, 9.17) is 4.52 Å². The van der Waals surface area contributed by atoms with Gasteiger partial charge in [0.25, 0.3) is 0 Å². The molecule has 2 rings (SSSR count). The van der Waals surface area contributed by atoms with Crippen molar-refractivity contribution in [3.8, 4) is 0 Å². The van der Waals surface area contributed by atoms with Gasteiger partial charge in [-0.2, -0.15) is 4.98 Å². The Labute approximate surface area is 122 Å². The van der Waals surface area contributed by atoms with Gasteiger partial charge in [0.2, 0.25) is 5.89 Å². The van der Waals surface area contributed by atoms with E-state index in [1.807, 2.05) is 7.05 Å². The van der Waals surface area contributed by atoms with Crippen molar-refractivity contribution >= 4 is 0 Å². The van der Waals surface area contributed by atoms with Crippen molar-refractivity contribution in [2.45, 2.75) is 77.7 Å². The molecule has 1 heterocycles. The van der Waals surface area contributed by atoms with Crippen LogP contribution in [0.1, 0.15) is 76.9 Å². The number of aromatic nitrogens is 2. The maximum Gasteiger partial charge on any atom is 0.228 e. The molecule has 0 aromatic carbocycles. The molecule has 0 bridgehead atoms. The highest BCUT2D eigenvalue weighted by atomic mass is 16.5.